The lowest BCUT2D eigenvalue weighted by Crippen LogP contribution is -2.46. The van der Waals surface area contributed by atoms with E-state index >= 15 is 0 Å². The summed E-state index contributed by atoms with van der Waals surface area (Å²) >= 11 is 0. The Hall–Kier alpha value is -0.520. The van der Waals surface area contributed by atoms with Crippen LogP contribution in [-0.2, 0) is 4.74 Å². The monoisotopic (exact) mass is 911 g/mol. The molecular formula is C51H114N12O. The molecule has 384 valence electrons. The van der Waals surface area contributed by atoms with Gasteiger partial charge in [0, 0.05) is 72.5 Å². The van der Waals surface area contributed by atoms with Crippen molar-refractivity contribution in [2.24, 2.45) is 34.6 Å². The summed E-state index contributed by atoms with van der Waals surface area (Å²) in [7, 11) is 25.6. The van der Waals surface area contributed by atoms with Gasteiger partial charge in [-0.05, 0) is 219 Å². The molecule has 6 aliphatic rings. The van der Waals surface area contributed by atoms with Crippen LogP contribution in [0.5, 0.6) is 0 Å². The maximum Gasteiger partial charge on any atom is 0.0623 e. The molecule has 1 aliphatic heterocycles. The highest BCUT2D eigenvalue weighted by Crippen LogP contribution is 2.26. The summed E-state index contributed by atoms with van der Waals surface area (Å²) in [4.78, 5) is 16.2. The quantitative estimate of drug-likeness (QED) is 0.211. The fraction of sp³-hybridized carbons (Fsp3) is 1.00. The van der Waals surface area contributed by atoms with E-state index in [0.29, 0.717) is 48.3 Å². The van der Waals surface area contributed by atoms with Crippen LogP contribution in [0.2, 0.25) is 0 Å². The van der Waals surface area contributed by atoms with Gasteiger partial charge < -0.3 is 67.7 Å². The molecule has 10 N–H and O–H groups in total. The van der Waals surface area contributed by atoms with Crippen LogP contribution in [0.4, 0.5) is 0 Å². The summed E-state index contributed by atoms with van der Waals surface area (Å²) in [6.07, 6.45) is 23.7. The number of nitrogens with zero attached hydrogens (tertiary/aromatic N) is 7. The first-order valence-corrected chi connectivity index (χ1v) is 26.2. The van der Waals surface area contributed by atoms with Gasteiger partial charge in [0.2, 0.25) is 0 Å². The van der Waals surface area contributed by atoms with Gasteiger partial charge in [-0.2, -0.15) is 0 Å². The molecule has 6 rings (SSSR count). The molecular weight excluding hydrogens is 797 g/mol. The summed E-state index contributed by atoms with van der Waals surface area (Å²) < 4.78 is 5.53. The van der Waals surface area contributed by atoms with E-state index in [1.807, 2.05) is 0 Å². The van der Waals surface area contributed by atoms with Gasteiger partial charge in [-0.25, -0.2) is 0 Å². The molecule has 0 radical (unpaired) electrons. The van der Waals surface area contributed by atoms with Gasteiger partial charge >= 0.3 is 0 Å². The van der Waals surface area contributed by atoms with Crippen molar-refractivity contribution in [1.29, 1.82) is 0 Å². The standard InChI is InChI=1S/C10H22N2.C9H20N2O.C9H20N2.2C8H18N2.C7H16N2/c1-3-12(4-2)10-7-5-9(11)6-8-10;1-10(2)8-5-9(11(3)4)7-12-6-8;1-7-4-8(10)6-9(5-7)11(2)3;1-10(2)8-5-3-7(9)4-6-8;1-10(2)8-5-3-4-7(9)6-8;1-9(2)7-4-3-6(8)5-7/h9-10H,3-8,11H2,1-2H3;8-9H,5-7H2,1-4H3;7-9H,4-6,10H2,1-3H3;2*7-8H,3-6,9H2,1-2H3;6-7H,3-5,8H2,1-2H3. The third-order valence-corrected chi connectivity index (χ3v) is 15.4. The number of likely N-dealkylation sites (N-methyl/N-ethyl adjacent to an activating group) is 2. The van der Waals surface area contributed by atoms with Crippen molar-refractivity contribution in [3.63, 3.8) is 0 Å². The van der Waals surface area contributed by atoms with Crippen LogP contribution in [0.1, 0.15) is 143 Å². The summed E-state index contributed by atoms with van der Waals surface area (Å²) in [5.41, 5.74) is 29.1. The minimum absolute atomic E-state index is 0.436. The normalized spacial score (nSPS) is 34.5. The van der Waals surface area contributed by atoms with E-state index in [9.17, 15) is 0 Å². The second-order valence-electron chi connectivity index (χ2n) is 22.3. The predicted molar refractivity (Wildman–Crippen MR) is 279 cm³/mol. The zero-order valence-electron chi connectivity index (χ0n) is 45.2. The molecule has 0 aromatic carbocycles. The van der Waals surface area contributed by atoms with E-state index < -0.39 is 0 Å². The van der Waals surface area contributed by atoms with Crippen LogP contribution in [0, 0.1) is 5.92 Å². The second kappa shape index (κ2) is 33.9. The molecule has 0 aromatic rings. The molecule has 9 unspecified atom stereocenters. The van der Waals surface area contributed by atoms with Crippen LogP contribution in [0.25, 0.3) is 0 Å². The van der Waals surface area contributed by atoms with Gasteiger partial charge in [0.25, 0.3) is 0 Å². The highest BCUT2D eigenvalue weighted by atomic mass is 16.5. The molecule has 13 nitrogen and oxygen atoms in total. The van der Waals surface area contributed by atoms with Crippen LogP contribution in [0.15, 0.2) is 0 Å². The zero-order valence-corrected chi connectivity index (χ0v) is 45.2. The molecule has 1 saturated heterocycles. The van der Waals surface area contributed by atoms with Crippen molar-refractivity contribution in [2.75, 3.05) is 111 Å². The van der Waals surface area contributed by atoms with Crippen LogP contribution in [0.3, 0.4) is 0 Å². The number of ether oxygens (including phenoxy) is 1. The maximum atomic E-state index is 5.93. The number of nitrogens with two attached hydrogens (primary N) is 5. The predicted octanol–water partition coefficient (Wildman–Crippen LogP) is 4.99. The molecule has 0 bridgehead atoms. The van der Waals surface area contributed by atoms with Gasteiger partial charge in [-0.3, -0.25) is 0 Å². The highest BCUT2D eigenvalue weighted by Gasteiger charge is 2.27. The van der Waals surface area contributed by atoms with E-state index in [-0.39, 0.29) is 0 Å². The molecule has 6 fully saturated rings. The lowest BCUT2D eigenvalue weighted by molar-refractivity contribution is -0.0111. The molecule has 0 amide bonds. The fourth-order valence-electron chi connectivity index (χ4n) is 10.5. The summed E-state index contributed by atoms with van der Waals surface area (Å²) in [6.45, 7) is 11.0. The lowest BCUT2D eigenvalue weighted by Gasteiger charge is -2.36. The molecule has 13 heteroatoms. The van der Waals surface area contributed by atoms with E-state index in [4.69, 9.17) is 33.4 Å². The second-order valence-corrected chi connectivity index (χ2v) is 22.3. The first-order valence-electron chi connectivity index (χ1n) is 26.2. The van der Waals surface area contributed by atoms with Crippen molar-refractivity contribution in [3.8, 4) is 0 Å². The Balaban J connectivity index is 0.000000385. The summed E-state index contributed by atoms with van der Waals surface area (Å²) in [5.74, 6) is 0.811. The maximum absolute atomic E-state index is 5.93. The minimum atomic E-state index is 0.436. The van der Waals surface area contributed by atoms with Crippen molar-refractivity contribution in [2.45, 2.75) is 215 Å². The average Bonchev–Trinajstić information content (AvgIpc) is 3.69. The van der Waals surface area contributed by atoms with Gasteiger partial charge in [0.15, 0.2) is 0 Å². The lowest BCUT2D eigenvalue weighted by atomic mass is 9.83. The van der Waals surface area contributed by atoms with Gasteiger partial charge in [0.05, 0.1) is 13.2 Å². The van der Waals surface area contributed by atoms with Crippen LogP contribution < -0.4 is 28.7 Å². The minimum Gasteiger partial charge on any atom is -0.378 e. The van der Waals surface area contributed by atoms with Gasteiger partial charge in [-0.15, -0.1) is 0 Å². The third kappa shape index (κ3) is 26.3. The largest absolute Gasteiger partial charge is 0.378 e. The average molecular weight is 912 g/mol. The van der Waals surface area contributed by atoms with Crippen molar-refractivity contribution in [3.05, 3.63) is 0 Å². The molecule has 0 spiro atoms. The van der Waals surface area contributed by atoms with Gasteiger partial charge in [-0.1, -0.05) is 27.2 Å². The Labute approximate surface area is 398 Å². The molecule has 5 aliphatic carbocycles. The first-order chi connectivity index (χ1) is 30.1. The Kier molecular flexibility index (Phi) is 32.6. The molecule has 64 heavy (non-hydrogen) atoms. The van der Waals surface area contributed by atoms with Gasteiger partial charge in [0.1, 0.15) is 0 Å². The summed E-state index contributed by atoms with van der Waals surface area (Å²) in [6, 6.07) is 7.33. The van der Waals surface area contributed by atoms with E-state index in [1.165, 1.54) is 135 Å². The topological polar surface area (TPSA) is 162 Å². The number of hydrogen-bond donors (Lipinski definition) is 5. The molecule has 0 aromatic heterocycles. The summed E-state index contributed by atoms with van der Waals surface area (Å²) in [5, 5.41) is 0. The molecule has 9 atom stereocenters. The number of rotatable bonds is 9. The van der Waals surface area contributed by atoms with Crippen molar-refractivity contribution >= 4 is 0 Å². The highest BCUT2D eigenvalue weighted by molar-refractivity contribution is 4.85. The Bertz CT molecular complexity index is 1070. The Morgan fingerprint density at radius 2 is 0.703 bits per heavy atom. The molecule has 5 saturated carbocycles. The van der Waals surface area contributed by atoms with Crippen LogP contribution >= 0.6 is 0 Å². The molecule has 1 heterocycles. The van der Waals surface area contributed by atoms with Crippen molar-refractivity contribution in [1.82, 2.24) is 34.3 Å². The third-order valence-electron chi connectivity index (χ3n) is 15.4. The smallest absolute Gasteiger partial charge is 0.0623 e. The van der Waals surface area contributed by atoms with Crippen molar-refractivity contribution < 1.29 is 4.74 Å². The fourth-order valence-corrected chi connectivity index (χ4v) is 10.5. The Morgan fingerprint density at radius 3 is 1.05 bits per heavy atom. The van der Waals surface area contributed by atoms with E-state index in [0.717, 1.165) is 43.3 Å². The SMILES string of the molecule is CC1CC(N)CC(N(C)C)C1.CCN(CC)C1CCC(N)CC1.CN(C)C1CCC(N)C1.CN(C)C1CCC(N)CC1.CN(C)C1CCCC(N)C1.CN(C)C1COCC(N(C)C)C1. The number of hydrogen-bond acceptors (Lipinski definition) is 13. The van der Waals surface area contributed by atoms with Crippen LogP contribution in [-0.4, -0.2) is 218 Å². The van der Waals surface area contributed by atoms with E-state index in [1.54, 1.807) is 0 Å². The van der Waals surface area contributed by atoms with E-state index in [2.05, 4.69) is 140 Å². The zero-order chi connectivity index (χ0) is 48.5. The Morgan fingerprint density at radius 1 is 0.344 bits per heavy atom. The first kappa shape index (κ1) is 61.5.